The zero-order valence-electron chi connectivity index (χ0n) is 7.20. The van der Waals surface area contributed by atoms with Gasteiger partial charge in [0.2, 0.25) is 0 Å². The molecule has 2 nitrogen and oxygen atoms in total. The van der Waals surface area contributed by atoms with Crippen LogP contribution in [0.3, 0.4) is 0 Å². The summed E-state index contributed by atoms with van der Waals surface area (Å²) in [5, 5.41) is 0. The Balaban J connectivity index is 2.55. The second kappa shape index (κ2) is 3.67. The summed E-state index contributed by atoms with van der Waals surface area (Å²) in [6, 6.07) is 7.89. The predicted molar refractivity (Wildman–Crippen MR) is 54.8 cm³/mol. The first-order valence-corrected chi connectivity index (χ1v) is 4.48. The van der Waals surface area contributed by atoms with E-state index in [0.717, 1.165) is 0 Å². The zero-order chi connectivity index (χ0) is 9.97. The van der Waals surface area contributed by atoms with Gasteiger partial charge < -0.3 is 4.98 Å². The Kier molecular flexibility index (Phi) is 2.37. The summed E-state index contributed by atoms with van der Waals surface area (Å²) in [7, 11) is 0. The van der Waals surface area contributed by atoms with E-state index < -0.39 is 0 Å². The molecule has 1 aromatic heterocycles. The molecule has 1 aromatic carbocycles. The van der Waals surface area contributed by atoms with E-state index in [1.807, 2.05) is 0 Å². The van der Waals surface area contributed by atoms with E-state index in [1.165, 1.54) is 12.1 Å². The van der Waals surface area contributed by atoms with E-state index in [1.54, 1.807) is 24.4 Å². The third-order valence-corrected chi connectivity index (χ3v) is 2.01. The molecule has 0 aliphatic rings. The molecule has 0 aliphatic carbocycles. The van der Waals surface area contributed by atoms with Crippen LogP contribution in [-0.4, -0.2) is 9.97 Å². The topological polar surface area (TPSA) is 28.7 Å². The molecular weight excluding hydrogens is 199 g/mol. The van der Waals surface area contributed by atoms with E-state index >= 15 is 0 Å². The van der Waals surface area contributed by atoms with Gasteiger partial charge in [0.25, 0.3) is 0 Å². The second-order valence-electron chi connectivity index (χ2n) is 2.79. The number of H-pyrrole nitrogens is 1. The molecule has 0 radical (unpaired) electrons. The number of hydrogen-bond donors (Lipinski definition) is 1. The van der Waals surface area contributed by atoms with Crippen molar-refractivity contribution < 1.29 is 4.39 Å². The Morgan fingerprint density at radius 2 is 2.14 bits per heavy atom. The summed E-state index contributed by atoms with van der Waals surface area (Å²) in [6.07, 6.45) is 1.60. The molecule has 14 heavy (non-hydrogen) atoms. The van der Waals surface area contributed by atoms with E-state index in [2.05, 4.69) is 9.97 Å². The highest BCUT2D eigenvalue weighted by Crippen LogP contribution is 2.14. The van der Waals surface area contributed by atoms with Gasteiger partial charge in [-0.15, -0.1) is 0 Å². The Morgan fingerprint density at radius 1 is 1.29 bits per heavy atom. The molecule has 0 bridgehead atoms. The van der Waals surface area contributed by atoms with Crippen LogP contribution >= 0.6 is 12.2 Å². The van der Waals surface area contributed by atoms with Crippen LogP contribution in [0.5, 0.6) is 0 Å². The number of nitrogens with one attached hydrogen (secondary N) is 1. The Hall–Kier alpha value is -1.55. The van der Waals surface area contributed by atoms with Crippen LogP contribution in [0.25, 0.3) is 11.4 Å². The fourth-order valence-electron chi connectivity index (χ4n) is 1.15. The minimum absolute atomic E-state index is 0.285. The Bertz CT molecular complexity index is 507. The first kappa shape index (κ1) is 9.02. The summed E-state index contributed by atoms with van der Waals surface area (Å²) in [5.41, 5.74) is 0.691. The number of hydrogen-bond acceptors (Lipinski definition) is 2. The molecule has 1 heterocycles. The van der Waals surface area contributed by atoms with Gasteiger partial charge in [-0.2, -0.15) is 0 Å². The molecule has 2 rings (SSSR count). The van der Waals surface area contributed by atoms with Gasteiger partial charge in [-0.05, 0) is 18.2 Å². The fourth-order valence-corrected chi connectivity index (χ4v) is 1.31. The highest BCUT2D eigenvalue weighted by molar-refractivity contribution is 7.71. The van der Waals surface area contributed by atoms with Crippen molar-refractivity contribution in [2.45, 2.75) is 0 Å². The molecule has 0 amide bonds. The number of nitrogens with zero attached hydrogens (tertiary/aromatic N) is 1. The second-order valence-corrected chi connectivity index (χ2v) is 3.23. The van der Waals surface area contributed by atoms with E-state index in [4.69, 9.17) is 12.2 Å². The van der Waals surface area contributed by atoms with Crippen LogP contribution in [0.4, 0.5) is 4.39 Å². The van der Waals surface area contributed by atoms with Gasteiger partial charge in [0.1, 0.15) is 16.3 Å². The molecule has 70 valence electrons. The highest BCUT2D eigenvalue weighted by Gasteiger charge is 1.99. The number of rotatable bonds is 1. The first-order valence-electron chi connectivity index (χ1n) is 4.07. The molecule has 4 heteroatoms. The van der Waals surface area contributed by atoms with Crippen molar-refractivity contribution in [1.29, 1.82) is 0 Å². The molecule has 2 aromatic rings. The number of aromatic nitrogens is 2. The van der Waals surface area contributed by atoms with E-state index in [-0.39, 0.29) is 5.82 Å². The summed E-state index contributed by atoms with van der Waals surface area (Å²) in [4.78, 5) is 6.95. The smallest absolute Gasteiger partial charge is 0.138 e. The SMILES string of the molecule is Fc1cccc(-c2nccc(=S)[nH]2)c1. The van der Waals surface area contributed by atoms with Crippen molar-refractivity contribution in [3.63, 3.8) is 0 Å². The number of halogens is 1. The van der Waals surface area contributed by atoms with Crippen LogP contribution in [0.1, 0.15) is 0 Å². The summed E-state index contributed by atoms with van der Waals surface area (Å²) >= 11 is 4.94. The lowest BCUT2D eigenvalue weighted by atomic mass is 10.2. The van der Waals surface area contributed by atoms with Crippen molar-refractivity contribution in [3.05, 3.63) is 47.0 Å². The maximum Gasteiger partial charge on any atom is 0.138 e. The molecule has 1 N–H and O–H groups in total. The zero-order valence-corrected chi connectivity index (χ0v) is 8.01. The fraction of sp³-hybridized carbons (Fsp3) is 0. The standard InChI is InChI=1S/C10H7FN2S/c11-8-3-1-2-7(6-8)10-12-5-4-9(14)13-10/h1-6H,(H,12,13,14). The summed E-state index contributed by atoms with van der Waals surface area (Å²) in [6.45, 7) is 0. The van der Waals surface area contributed by atoms with Crippen LogP contribution in [0.2, 0.25) is 0 Å². The molecule has 0 fully saturated rings. The Labute approximate surface area is 85.5 Å². The van der Waals surface area contributed by atoms with Crippen molar-refractivity contribution >= 4 is 12.2 Å². The van der Waals surface area contributed by atoms with Crippen LogP contribution < -0.4 is 0 Å². The van der Waals surface area contributed by atoms with Crippen molar-refractivity contribution in [3.8, 4) is 11.4 Å². The summed E-state index contributed by atoms with van der Waals surface area (Å²) in [5.74, 6) is 0.296. The minimum atomic E-state index is -0.285. The molecule has 0 spiro atoms. The maximum absolute atomic E-state index is 12.9. The number of aromatic amines is 1. The van der Waals surface area contributed by atoms with Gasteiger partial charge in [0.15, 0.2) is 0 Å². The third kappa shape index (κ3) is 1.85. The average molecular weight is 206 g/mol. The average Bonchev–Trinajstić information content (AvgIpc) is 2.18. The van der Waals surface area contributed by atoms with Crippen molar-refractivity contribution in [2.24, 2.45) is 0 Å². The molecular formula is C10H7FN2S. The largest absolute Gasteiger partial charge is 0.331 e. The van der Waals surface area contributed by atoms with Gasteiger partial charge in [0.05, 0.1) is 0 Å². The van der Waals surface area contributed by atoms with Gasteiger partial charge in [-0.3, -0.25) is 0 Å². The van der Waals surface area contributed by atoms with Crippen molar-refractivity contribution in [2.75, 3.05) is 0 Å². The molecule has 0 atom stereocenters. The van der Waals surface area contributed by atoms with E-state index in [9.17, 15) is 4.39 Å². The maximum atomic E-state index is 12.9. The van der Waals surface area contributed by atoms with Gasteiger partial charge >= 0.3 is 0 Å². The van der Waals surface area contributed by atoms with E-state index in [0.29, 0.717) is 16.0 Å². The minimum Gasteiger partial charge on any atom is -0.331 e. The van der Waals surface area contributed by atoms with Crippen LogP contribution in [0, 0.1) is 10.5 Å². The lowest BCUT2D eigenvalue weighted by Crippen LogP contribution is -1.88. The normalized spacial score (nSPS) is 10.1. The highest BCUT2D eigenvalue weighted by atomic mass is 32.1. The van der Waals surface area contributed by atoms with Gasteiger partial charge in [-0.1, -0.05) is 24.4 Å². The van der Waals surface area contributed by atoms with Gasteiger partial charge in [0, 0.05) is 11.8 Å². The molecule has 0 saturated heterocycles. The van der Waals surface area contributed by atoms with Crippen LogP contribution in [0.15, 0.2) is 36.5 Å². The molecule has 0 unspecified atom stereocenters. The van der Waals surface area contributed by atoms with Gasteiger partial charge in [-0.25, -0.2) is 9.37 Å². The lowest BCUT2D eigenvalue weighted by Gasteiger charge is -1.99. The number of benzene rings is 1. The summed E-state index contributed by atoms with van der Waals surface area (Å²) < 4.78 is 13.5. The predicted octanol–water partition coefficient (Wildman–Crippen LogP) is 2.95. The van der Waals surface area contributed by atoms with Crippen molar-refractivity contribution in [1.82, 2.24) is 9.97 Å². The monoisotopic (exact) mass is 206 g/mol. The quantitative estimate of drug-likeness (QED) is 0.727. The first-order chi connectivity index (χ1) is 6.75. The third-order valence-electron chi connectivity index (χ3n) is 1.77. The van der Waals surface area contributed by atoms with Crippen LogP contribution in [-0.2, 0) is 0 Å². The lowest BCUT2D eigenvalue weighted by molar-refractivity contribution is 0.628. The molecule has 0 aliphatic heterocycles. The Morgan fingerprint density at radius 3 is 2.86 bits per heavy atom. The molecule has 0 saturated carbocycles.